The Labute approximate surface area is 64.0 Å². The van der Waals surface area contributed by atoms with E-state index >= 15 is 0 Å². The van der Waals surface area contributed by atoms with E-state index in [1.807, 2.05) is 0 Å². The summed E-state index contributed by atoms with van der Waals surface area (Å²) in [4.78, 5) is 10.0. The van der Waals surface area contributed by atoms with Crippen LogP contribution >= 0.6 is 8.25 Å². The SMILES string of the molecule is O=[P+]([O-])Oc1ccc(O)cc1. The number of phenolic OH excluding ortho intramolecular Hbond substituents is 1. The number of hydrogen-bond acceptors (Lipinski definition) is 4. The van der Waals surface area contributed by atoms with E-state index in [0.717, 1.165) is 0 Å². The van der Waals surface area contributed by atoms with Crippen molar-refractivity contribution in [3.8, 4) is 11.5 Å². The minimum Gasteiger partial charge on any atom is -0.558 e. The first-order chi connectivity index (χ1) is 5.18. The van der Waals surface area contributed by atoms with E-state index in [0.29, 0.717) is 0 Å². The molecule has 0 aliphatic carbocycles. The summed E-state index contributed by atoms with van der Waals surface area (Å²) >= 11 is 0. The highest BCUT2D eigenvalue weighted by molar-refractivity contribution is 7.31. The fraction of sp³-hybridized carbons (Fsp3) is 0. The maximum atomic E-state index is 10.0. The lowest BCUT2D eigenvalue weighted by atomic mass is 10.3. The Balaban J connectivity index is 2.74. The second-order valence-corrected chi connectivity index (χ2v) is 2.44. The fourth-order valence-corrected chi connectivity index (χ4v) is 0.887. The lowest BCUT2D eigenvalue weighted by Crippen LogP contribution is -1.92. The number of hydrogen-bond donors (Lipinski definition) is 1. The van der Waals surface area contributed by atoms with Crippen molar-refractivity contribution in [3.63, 3.8) is 0 Å². The number of benzene rings is 1. The molecule has 0 aliphatic rings. The van der Waals surface area contributed by atoms with Gasteiger partial charge in [0.25, 0.3) is 0 Å². The summed E-state index contributed by atoms with van der Waals surface area (Å²) < 4.78 is 14.3. The Morgan fingerprint density at radius 1 is 1.36 bits per heavy atom. The predicted octanol–water partition coefficient (Wildman–Crippen LogP) is 0.789. The van der Waals surface area contributed by atoms with Crippen LogP contribution in [0.15, 0.2) is 24.3 Å². The molecule has 0 bridgehead atoms. The highest BCUT2D eigenvalue weighted by Crippen LogP contribution is 2.21. The minimum absolute atomic E-state index is 0.0680. The van der Waals surface area contributed by atoms with Crippen LogP contribution in [0.5, 0.6) is 11.5 Å². The average Bonchev–Trinajstić information content (AvgIpc) is 1.93. The maximum absolute atomic E-state index is 10.0. The topological polar surface area (TPSA) is 69.6 Å². The van der Waals surface area contributed by atoms with E-state index in [2.05, 4.69) is 4.52 Å². The monoisotopic (exact) mass is 172 g/mol. The molecule has 0 heterocycles. The lowest BCUT2D eigenvalue weighted by Gasteiger charge is -1.93. The molecule has 4 nitrogen and oxygen atoms in total. The van der Waals surface area contributed by atoms with Crippen LogP contribution in [0.1, 0.15) is 0 Å². The molecule has 0 saturated heterocycles. The van der Waals surface area contributed by atoms with Gasteiger partial charge in [0.15, 0.2) is 5.75 Å². The zero-order valence-electron chi connectivity index (χ0n) is 5.43. The van der Waals surface area contributed by atoms with Crippen molar-refractivity contribution < 1.29 is 19.1 Å². The van der Waals surface area contributed by atoms with E-state index < -0.39 is 8.25 Å². The predicted molar refractivity (Wildman–Crippen MR) is 36.3 cm³/mol. The summed E-state index contributed by atoms with van der Waals surface area (Å²) in [6.45, 7) is 0. The number of rotatable bonds is 2. The van der Waals surface area contributed by atoms with Gasteiger partial charge in [-0.05, 0) is 28.8 Å². The minimum atomic E-state index is -2.87. The second kappa shape index (κ2) is 3.32. The van der Waals surface area contributed by atoms with Crippen LogP contribution in [0.2, 0.25) is 0 Å². The van der Waals surface area contributed by atoms with Gasteiger partial charge in [-0.25, -0.2) is 0 Å². The summed E-state index contributed by atoms with van der Waals surface area (Å²) in [5.41, 5.74) is 0. The summed E-state index contributed by atoms with van der Waals surface area (Å²) in [5.74, 6) is 0.261. The van der Waals surface area contributed by atoms with Crippen molar-refractivity contribution in [2.24, 2.45) is 0 Å². The highest BCUT2D eigenvalue weighted by atomic mass is 31.1. The third-order valence-corrected chi connectivity index (χ3v) is 1.38. The first-order valence-corrected chi connectivity index (χ1v) is 3.89. The van der Waals surface area contributed by atoms with Gasteiger partial charge in [0, 0.05) is 0 Å². The second-order valence-electron chi connectivity index (χ2n) is 1.81. The zero-order chi connectivity index (χ0) is 8.27. The van der Waals surface area contributed by atoms with Crippen molar-refractivity contribution in [2.75, 3.05) is 0 Å². The zero-order valence-corrected chi connectivity index (χ0v) is 6.32. The van der Waals surface area contributed by atoms with Gasteiger partial charge in [0.05, 0.1) is 0 Å². The Morgan fingerprint density at radius 3 is 2.36 bits per heavy atom. The molecule has 0 fully saturated rings. The summed E-state index contributed by atoms with van der Waals surface area (Å²) in [6, 6.07) is 5.41. The summed E-state index contributed by atoms with van der Waals surface area (Å²) in [6.07, 6.45) is 0. The van der Waals surface area contributed by atoms with Crippen LogP contribution in [0, 0.1) is 0 Å². The van der Waals surface area contributed by atoms with Gasteiger partial charge in [-0.2, -0.15) is 0 Å². The van der Waals surface area contributed by atoms with Gasteiger partial charge in [0.2, 0.25) is 0 Å². The molecule has 1 atom stereocenters. The van der Waals surface area contributed by atoms with E-state index in [1.165, 1.54) is 24.3 Å². The van der Waals surface area contributed by atoms with Crippen molar-refractivity contribution in [1.29, 1.82) is 0 Å². The van der Waals surface area contributed by atoms with Gasteiger partial charge < -0.3 is 10.00 Å². The van der Waals surface area contributed by atoms with Gasteiger partial charge in [-0.3, -0.25) is 4.52 Å². The Kier molecular flexibility index (Phi) is 2.41. The van der Waals surface area contributed by atoms with Crippen LogP contribution in [0.4, 0.5) is 0 Å². The van der Waals surface area contributed by atoms with Crippen LogP contribution in [0.25, 0.3) is 0 Å². The quantitative estimate of drug-likeness (QED) is 0.669. The first kappa shape index (κ1) is 7.98. The van der Waals surface area contributed by atoms with Crippen LogP contribution in [-0.2, 0) is 4.57 Å². The Morgan fingerprint density at radius 2 is 1.91 bits per heavy atom. The van der Waals surface area contributed by atoms with Gasteiger partial charge in [0.1, 0.15) is 5.75 Å². The average molecular weight is 172 g/mol. The first-order valence-electron chi connectivity index (χ1n) is 2.80. The smallest absolute Gasteiger partial charge is 0.539 e. The van der Waals surface area contributed by atoms with Crippen molar-refractivity contribution in [3.05, 3.63) is 24.3 Å². The Bertz CT molecular complexity index is 256. The molecule has 5 heteroatoms. The molecule has 58 valence electrons. The largest absolute Gasteiger partial charge is 0.558 e. The fourth-order valence-electron chi connectivity index (χ4n) is 0.593. The standard InChI is InChI=1S/C6H5O4P/c7-5-1-3-6(4-2-5)10-11(8)9/h1-4,7H. The molecule has 0 aromatic heterocycles. The number of phenols is 1. The third-order valence-electron chi connectivity index (χ3n) is 1.02. The molecule has 1 aromatic rings. The molecule has 11 heavy (non-hydrogen) atoms. The van der Waals surface area contributed by atoms with E-state index in [9.17, 15) is 9.46 Å². The molecule has 0 saturated carbocycles. The number of aromatic hydroxyl groups is 1. The molecule has 0 aliphatic heterocycles. The highest BCUT2D eigenvalue weighted by Gasteiger charge is 2.03. The molecule has 0 amide bonds. The van der Waals surface area contributed by atoms with E-state index in [-0.39, 0.29) is 11.5 Å². The Hall–Kier alpha value is -1.12. The van der Waals surface area contributed by atoms with Crippen molar-refractivity contribution in [2.45, 2.75) is 0 Å². The summed E-state index contributed by atoms with van der Waals surface area (Å²) in [5, 5.41) is 8.78. The van der Waals surface area contributed by atoms with Gasteiger partial charge >= 0.3 is 8.25 Å². The normalized spacial score (nSPS) is 10.8. The molecule has 0 spiro atoms. The molecule has 1 rings (SSSR count). The van der Waals surface area contributed by atoms with Crippen LogP contribution in [-0.4, -0.2) is 5.11 Å². The lowest BCUT2D eigenvalue weighted by molar-refractivity contribution is -0.178. The molecular formula is C6H5O4P. The third kappa shape index (κ3) is 2.53. The van der Waals surface area contributed by atoms with Crippen LogP contribution in [0.3, 0.4) is 0 Å². The maximum Gasteiger partial charge on any atom is 0.539 e. The summed E-state index contributed by atoms with van der Waals surface area (Å²) in [7, 11) is -2.87. The van der Waals surface area contributed by atoms with Crippen molar-refractivity contribution >= 4 is 8.25 Å². The molecule has 1 aromatic carbocycles. The molecular weight excluding hydrogens is 167 g/mol. The van der Waals surface area contributed by atoms with Crippen LogP contribution < -0.4 is 9.42 Å². The van der Waals surface area contributed by atoms with Gasteiger partial charge in [-0.1, -0.05) is 0 Å². The molecule has 1 N–H and O–H groups in total. The van der Waals surface area contributed by atoms with Crippen molar-refractivity contribution in [1.82, 2.24) is 0 Å². The van der Waals surface area contributed by atoms with E-state index in [1.54, 1.807) is 0 Å². The molecule has 1 unspecified atom stereocenters. The van der Waals surface area contributed by atoms with E-state index in [4.69, 9.17) is 5.11 Å². The van der Waals surface area contributed by atoms with Gasteiger partial charge in [-0.15, -0.1) is 0 Å². The molecule has 0 radical (unpaired) electrons.